The Morgan fingerprint density at radius 2 is 1.45 bits per heavy atom. The van der Waals surface area contributed by atoms with Gasteiger partial charge in [0.05, 0.1) is 11.4 Å². The van der Waals surface area contributed by atoms with Crippen molar-refractivity contribution in [3.63, 3.8) is 0 Å². The summed E-state index contributed by atoms with van der Waals surface area (Å²) in [5, 5.41) is 10.6. The van der Waals surface area contributed by atoms with Crippen LogP contribution in [0.2, 0.25) is 0 Å². The van der Waals surface area contributed by atoms with Gasteiger partial charge in [-0.25, -0.2) is 0 Å². The van der Waals surface area contributed by atoms with Gasteiger partial charge in [-0.15, -0.1) is 0 Å². The molecule has 0 atom stereocenters. The van der Waals surface area contributed by atoms with Crippen molar-refractivity contribution in [2.75, 3.05) is 24.2 Å². The van der Waals surface area contributed by atoms with E-state index in [2.05, 4.69) is 21.3 Å². The molecular weight excluding hydrogens is 376 g/mol. The van der Waals surface area contributed by atoms with Crippen LogP contribution < -0.4 is 21.3 Å². The lowest BCUT2D eigenvalue weighted by Crippen LogP contribution is -2.22. The van der Waals surface area contributed by atoms with Crippen LogP contribution in [0.25, 0.3) is 0 Å². The van der Waals surface area contributed by atoms with Gasteiger partial charge in [0, 0.05) is 53.4 Å². The smallest absolute Gasteiger partial charge is 0.272 e. The second-order valence-electron chi connectivity index (χ2n) is 6.62. The lowest BCUT2D eigenvalue weighted by atomic mass is 10.3. The predicted molar refractivity (Wildman–Crippen MR) is 109 cm³/mol. The summed E-state index contributed by atoms with van der Waals surface area (Å²) in [4.78, 5) is 47.2. The maximum absolute atomic E-state index is 12.6. The SMILES string of the molecule is CNC(=O)c1cc(NC(=O)c2cc(NC(=O)CCCNC(C)=O)cn2C)cn1C. The van der Waals surface area contributed by atoms with E-state index in [1.165, 1.54) is 14.0 Å². The van der Waals surface area contributed by atoms with Crippen LogP contribution in [0.1, 0.15) is 40.7 Å². The number of hydrogen-bond acceptors (Lipinski definition) is 4. The minimum absolute atomic E-state index is 0.134. The first-order valence-electron chi connectivity index (χ1n) is 9.11. The Labute approximate surface area is 168 Å². The first-order chi connectivity index (χ1) is 13.7. The molecular formula is C19H26N6O4. The van der Waals surface area contributed by atoms with E-state index < -0.39 is 0 Å². The van der Waals surface area contributed by atoms with Gasteiger partial charge in [0.2, 0.25) is 11.8 Å². The molecule has 10 nitrogen and oxygen atoms in total. The van der Waals surface area contributed by atoms with Crippen molar-refractivity contribution < 1.29 is 19.2 Å². The molecule has 0 bridgehead atoms. The average molecular weight is 402 g/mol. The van der Waals surface area contributed by atoms with Gasteiger partial charge >= 0.3 is 0 Å². The van der Waals surface area contributed by atoms with Gasteiger partial charge in [0.25, 0.3) is 11.8 Å². The molecule has 2 aromatic heterocycles. The zero-order chi connectivity index (χ0) is 21.6. The third-order valence-electron chi connectivity index (χ3n) is 4.20. The summed E-state index contributed by atoms with van der Waals surface area (Å²) in [6.07, 6.45) is 4.06. The maximum Gasteiger partial charge on any atom is 0.272 e. The van der Waals surface area contributed by atoms with Crippen LogP contribution in [0.5, 0.6) is 0 Å². The molecule has 2 heterocycles. The molecule has 0 aromatic carbocycles. The lowest BCUT2D eigenvalue weighted by Gasteiger charge is -2.03. The summed E-state index contributed by atoms with van der Waals surface area (Å²) in [7, 11) is 4.94. The molecule has 2 rings (SSSR count). The van der Waals surface area contributed by atoms with Crippen molar-refractivity contribution in [3.05, 3.63) is 35.9 Å². The Morgan fingerprint density at radius 1 is 0.897 bits per heavy atom. The quantitative estimate of drug-likeness (QED) is 0.488. The second kappa shape index (κ2) is 9.58. The van der Waals surface area contributed by atoms with Crippen molar-refractivity contribution in [1.82, 2.24) is 19.8 Å². The van der Waals surface area contributed by atoms with E-state index in [1.54, 1.807) is 47.8 Å². The molecule has 156 valence electrons. The van der Waals surface area contributed by atoms with Gasteiger partial charge in [-0.05, 0) is 18.6 Å². The Balaban J connectivity index is 1.97. The average Bonchev–Trinajstić information content (AvgIpc) is 3.20. The molecule has 2 aromatic rings. The van der Waals surface area contributed by atoms with E-state index >= 15 is 0 Å². The largest absolute Gasteiger partial charge is 0.356 e. The second-order valence-corrected chi connectivity index (χ2v) is 6.62. The Hall–Kier alpha value is -3.56. The fourth-order valence-electron chi connectivity index (χ4n) is 2.78. The highest BCUT2D eigenvalue weighted by Gasteiger charge is 2.16. The molecule has 0 unspecified atom stereocenters. The third kappa shape index (κ3) is 5.96. The number of rotatable bonds is 8. The van der Waals surface area contributed by atoms with Crippen molar-refractivity contribution in [3.8, 4) is 0 Å². The highest BCUT2D eigenvalue weighted by atomic mass is 16.2. The molecule has 10 heteroatoms. The Kier molecular flexibility index (Phi) is 7.18. The number of carbonyl (C=O) groups excluding carboxylic acids is 4. The summed E-state index contributed by atoms with van der Waals surface area (Å²) >= 11 is 0. The Bertz CT molecular complexity index is 927. The summed E-state index contributed by atoms with van der Waals surface area (Å²) < 4.78 is 3.22. The van der Waals surface area contributed by atoms with E-state index in [0.29, 0.717) is 35.7 Å². The topological polar surface area (TPSA) is 126 Å². The van der Waals surface area contributed by atoms with Crippen molar-refractivity contribution >= 4 is 35.0 Å². The highest BCUT2D eigenvalue weighted by molar-refractivity contribution is 6.05. The van der Waals surface area contributed by atoms with Crippen molar-refractivity contribution in [2.45, 2.75) is 19.8 Å². The van der Waals surface area contributed by atoms with Gasteiger partial charge in [-0.2, -0.15) is 0 Å². The molecule has 0 aliphatic carbocycles. The Morgan fingerprint density at radius 3 is 2.00 bits per heavy atom. The van der Waals surface area contributed by atoms with Crippen LogP contribution >= 0.6 is 0 Å². The van der Waals surface area contributed by atoms with Gasteiger partial charge in [0.15, 0.2) is 0 Å². The number of aromatic nitrogens is 2. The number of aryl methyl sites for hydroxylation is 2. The monoisotopic (exact) mass is 402 g/mol. The molecule has 0 radical (unpaired) electrons. The van der Waals surface area contributed by atoms with Gasteiger partial charge < -0.3 is 30.4 Å². The van der Waals surface area contributed by atoms with E-state index in [9.17, 15) is 19.2 Å². The fraction of sp³-hybridized carbons (Fsp3) is 0.368. The zero-order valence-electron chi connectivity index (χ0n) is 17.0. The summed E-state index contributed by atoms with van der Waals surface area (Å²) in [6, 6.07) is 3.15. The number of hydrogen-bond donors (Lipinski definition) is 4. The first-order valence-corrected chi connectivity index (χ1v) is 9.11. The number of carbonyl (C=O) groups is 4. The van der Waals surface area contributed by atoms with Crippen LogP contribution in [-0.4, -0.2) is 46.4 Å². The third-order valence-corrected chi connectivity index (χ3v) is 4.20. The fourth-order valence-corrected chi connectivity index (χ4v) is 2.78. The van der Waals surface area contributed by atoms with Crippen molar-refractivity contribution in [1.29, 1.82) is 0 Å². The van der Waals surface area contributed by atoms with Gasteiger partial charge in [-0.1, -0.05) is 0 Å². The molecule has 4 N–H and O–H groups in total. The van der Waals surface area contributed by atoms with Crippen molar-refractivity contribution in [2.24, 2.45) is 14.1 Å². The van der Waals surface area contributed by atoms with Crippen LogP contribution in [-0.2, 0) is 23.7 Å². The normalized spacial score (nSPS) is 10.3. The number of amides is 4. The van der Waals surface area contributed by atoms with E-state index in [1.807, 2.05) is 0 Å². The minimum Gasteiger partial charge on any atom is -0.356 e. The van der Waals surface area contributed by atoms with Crippen LogP contribution in [0.15, 0.2) is 24.5 Å². The standard InChI is InChI=1S/C19H26N6O4/c1-12(26)21-7-5-6-17(27)22-13-8-16(25(4)10-13)19(29)23-14-9-15(18(28)20-2)24(3)11-14/h8-11H,5-7H2,1-4H3,(H,20,28)(H,21,26)(H,22,27)(H,23,29). The summed E-state index contributed by atoms with van der Waals surface area (Å²) in [6.45, 7) is 1.85. The minimum atomic E-state index is -0.368. The molecule has 0 saturated heterocycles. The predicted octanol–water partition coefficient (Wildman–Crippen LogP) is 0.830. The molecule has 4 amide bonds. The van der Waals surface area contributed by atoms with E-state index in [-0.39, 0.29) is 30.0 Å². The van der Waals surface area contributed by atoms with Crippen LogP contribution in [0, 0.1) is 0 Å². The van der Waals surface area contributed by atoms with Crippen LogP contribution in [0.4, 0.5) is 11.4 Å². The molecule has 0 fully saturated rings. The molecule has 29 heavy (non-hydrogen) atoms. The van der Waals surface area contributed by atoms with Gasteiger partial charge in [-0.3, -0.25) is 19.2 Å². The maximum atomic E-state index is 12.6. The van der Waals surface area contributed by atoms with E-state index in [0.717, 1.165) is 0 Å². The molecule has 0 saturated carbocycles. The summed E-state index contributed by atoms with van der Waals surface area (Å²) in [5.74, 6) is -0.959. The molecule has 0 aliphatic heterocycles. The molecule has 0 aliphatic rings. The van der Waals surface area contributed by atoms with E-state index in [4.69, 9.17) is 0 Å². The highest BCUT2D eigenvalue weighted by Crippen LogP contribution is 2.17. The number of nitrogens with one attached hydrogen (secondary N) is 4. The van der Waals surface area contributed by atoms with Gasteiger partial charge in [0.1, 0.15) is 11.4 Å². The summed E-state index contributed by atoms with van der Waals surface area (Å²) in [5.41, 5.74) is 1.76. The lowest BCUT2D eigenvalue weighted by molar-refractivity contribution is -0.119. The number of nitrogens with zero attached hydrogens (tertiary/aromatic N) is 2. The molecule has 0 spiro atoms. The zero-order valence-corrected chi connectivity index (χ0v) is 17.0. The van der Waals surface area contributed by atoms with Crippen LogP contribution in [0.3, 0.4) is 0 Å². The first kappa shape index (κ1) is 21.7. The number of anilines is 2.